The maximum absolute atomic E-state index is 12.1. The molecule has 0 bridgehead atoms. The standard InChI is InChI=1S/C15H29F3N4O2.HI/c1-4-24-11-7-10-20-14(21-12-13(23)22(2)3)19-9-6-5-8-15(16,17)18;/h4-12H2,1-3H3,(H2,19,20,21);1H. The molecule has 0 radical (unpaired) electrons. The van der Waals surface area contributed by atoms with Crippen LogP contribution in [0.2, 0.25) is 0 Å². The lowest BCUT2D eigenvalue weighted by Crippen LogP contribution is -2.39. The van der Waals surface area contributed by atoms with E-state index in [0.29, 0.717) is 38.7 Å². The number of hydrogen-bond donors (Lipinski definition) is 2. The molecule has 0 aromatic rings. The van der Waals surface area contributed by atoms with Crippen LogP contribution >= 0.6 is 24.0 Å². The molecule has 0 aromatic carbocycles. The Morgan fingerprint density at radius 3 is 2.24 bits per heavy atom. The number of nitrogens with zero attached hydrogens (tertiary/aromatic N) is 2. The Morgan fingerprint density at radius 2 is 1.72 bits per heavy atom. The molecular weight excluding hydrogens is 452 g/mol. The highest BCUT2D eigenvalue weighted by molar-refractivity contribution is 14.0. The summed E-state index contributed by atoms with van der Waals surface area (Å²) in [6.07, 6.45) is -3.70. The van der Waals surface area contributed by atoms with E-state index in [1.54, 1.807) is 14.1 Å². The molecule has 0 aliphatic rings. The summed E-state index contributed by atoms with van der Waals surface area (Å²) < 4.78 is 41.5. The van der Waals surface area contributed by atoms with Crippen molar-refractivity contribution in [3.05, 3.63) is 0 Å². The molecule has 0 heterocycles. The fourth-order valence-electron chi connectivity index (χ4n) is 1.65. The molecule has 0 saturated carbocycles. The van der Waals surface area contributed by atoms with Crippen molar-refractivity contribution in [3.8, 4) is 0 Å². The molecule has 10 heteroatoms. The van der Waals surface area contributed by atoms with Crippen molar-refractivity contribution in [2.45, 2.75) is 38.8 Å². The quantitative estimate of drug-likeness (QED) is 0.206. The van der Waals surface area contributed by atoms with E-state index in [9.17, 15) is 18.0 Å². The molecule has 150 valence electrons. The van der Waals surface area contributed by atoms with Gasteiger partial charge < -0.3 is 20.3 Å². The fourth-order valence-corrected chi connectivity index (χ4v) is 1.65. The summed E-state index contributed by atoms with van der Waals surface area (Å²) in [7, 11) is 3.27. The van der Waals surface area contributed by atoms with Crippen LogP contribution in [0.1, 0.15) is 32.6 Å². The lowest BCUT2D eigenvalue weighted by Gasteiger charge is -2.14. The highest BCUT2D eigenvalue weighted by Crippen LogP contribution is 2.21. The summed E-state index contributed by atoms with van der Waals surface area (Å²) in [6, 6.07) is 0. The maximum atomic E-state index is 12.1. The number of likely N-dealkylation sites (N-methyl/N-ethyl adjacent to an activating group) is 1. The molecule has 25 heavy (non-hydrogen) atoms. The molecular formula is C15H30F3IN4O2. The molecule has 0 atom stereocenters. The zero-order valence-electron chi connectivity index (χ0n) is 15.1. The topological polar surface area (TPSA) is 66.0 Å². The molecule has 0 aromatic heterocycles. The second-order valence-corrected chi connectivity index (χ2v) is 5.43. The number of carbonyl (C=O) groups is 1. The Balaban J connectivity index is 0. The van der Waals surface area contributed by atoms with Crippen LogP contribution in [0.25, 0.3) is 0 Å². The Bertz CT molecular complexity index is 380. The molecule has 0 rings (SSSR count). The Kier molecular flexibility index (Phi) is 16.4. The molecule has 0 spiro atoms. The Labute approximate surface area is 165 Å². The summed E-state index contributed by atoms with van der Waals surface area (Å²) in [5.74, 6) is 0.274. The van der Waals surface area contributed by atoms with Gasteiger partial charge in [0.1, 0.15) is 6.54 Å². The number of alkyl halides is 3. The van der Waals surface area contributed by atoms with Crippen LogP contribution in [-0.2, 0) is 9.53 Å². The number of carbonyl (C=O) groups excluding carboxylic acids is 1. The van der Waals surface area contributed by atoms with Crippen molar-refractivity contribution in [2.75, 3.05) is 46.9 Å². The minimum atomic E-state index is -4.12. The SMILES string of the molecule is CCOCCCNC(=NCC(=O)N(C)C)NCCCCC(F)(F)F.I. The van der Waals surface area contributed by atoms with Gasteiger partial charge in [0.2, 0.25) is 5.91 Å². The van der Waals surface area contributed by atoms with E-state index >= 15 is 0 Å². The number of halogens is 4. The number of amides is 1. The Hall–Kier alpha value is -0.780. The van der Waals surface area contributed by atoms with E-state index in [1.807, 2.05) is 6.92 Å². The minimum absolute atomic E-state index is 0. The van der Waals surface area contributed by atoms with E-state index in [-0.39, 0.29) is 42.8 Å². The number of rotatable bonds is 11. The van der Waals surface area contributed by atoms with Gasteiger partial charge in [-0.15, -0.1) is 24.0 Å². The van der Waals surface area contributed by atoms with E-state index in [4.69, 9.17) is 4.74 Å². The number of hydrogen-bond acceptors (Lipinski definition) is 3. The number of unbranched alkanes of at least 4 members (excludes halogenated alkanes) is 1. The third-order valence-electron chi connectivity index (χ3n) is 3.01. The van der Waals surface area contributed by atoms with Gasteiger partial charge >= 0.3 is 6.18 Å². The molecule has 0 unspecified atom stereocenters. The molecule has 1 amide bonds. The van der Waals surface area contributed by atoms with Gasteiger partial charge in [0, 0.05) is 46.8 Å². The van der Waals surface area contributed by atoms with Crippen LogP contribution in [0.4, 0.5) is 13.2 Å². The van der Waals surface area contributed by atoms with Gasteiger partial charge in [-0.1, -0.05) is 0 Å². The zero-order chi connectivity index (χ0) is 18.4. The van der Waals surface area contributed by atoms with Gasteiger partial charge in [-0.25, -0.2) is 4.99 Å². The molecule has 0 aliphatic carbocycles. The van der Waals surface area contributed by atoms with Gasteiger partial charge in [0.15, 0.2) is 5.96 Å². The second-order valence-electron chi connectivity index (χ2n) is 5.43. The molecule has 0 aliphatic heterocycles. The number of aliphatic imine (C=N–C) groups is 1. The van der Waals surface area contributed by atoms with Crippen molar-refractivity contribution in [1.29, 1.82) is 0 Å². The van der Waals surface area contributed by atoms with Crippen LogP contribution in [0, 0.1) is 0 Å². The summed E-state index contributed by atoms with van der Waals surface area (Å²) >= 11 is 0. The zero-order valence-corrected chi connectivity index (χ0v) is 17.4. The third-order valence-corrected chi connectivity index (χ3v) is 3.01. The maximum Gasteiger partial charge on any atom is 0.389 e. The van der Waals surface area contributed by atoms with Crippen molar-refractivity contribution in [2.24, 2.45) is 4.99 Å². The Morgan fingerprint density at radius 1 is 1.12 bits per heavy atom. The van der Waals surface area contributed by atoms with Crippen molar-refractivity contribution < 1.29 is 22.7 Å². The minimum Gasteiger partial charge on any atom is -0.382 e. The van der Waals surface area contributed by atoms with E-state index in [1.165, 1.54) is 4.90 Å². The normalized spacial score (nSPS) is 11.7. The van der Waals surface area contributed by atoms with E-state index in [0.717, 1.165) is 6.42 Å². The lowest BCUT2D eigenvalue weighted by molar-refractivity contribution is -0.135. The predicted molar refractivity (Wildman–Crippen MR) is 103 cm³/mol. The molecule has 2 N–H and O–H groups in total. The summed E-state index contributed by atoms with van der Waals surface area (Å²) in [4.78, 5) is 17.1. The third kappa shape index (κ3) is 17.8. The average Bonchev–Trinajstić information content (AvgIpc) is 2.49. The largest absolute Gasteiger partial charge is 0.389 e. The van der Waals surface area contributed by atoms with Crippen molar-refractivity contribution >= 4 is 35.8 Å². The highest BCUT2D eigenvalue weighted by Gasteiger charge is 2.25. The summed E-state index contributed by atoms with van der Waals surface area (Å²) in [5, 5.41) is 6.00. The average molecular weight is 482 g/mol. The lowest BCUT2D eigenvalue weighted by atomic mass is 10.2. The first-order valence-corrected chi connectivity index (χ1v) is 8.13. The monoisotopic (exact) mass is 482 g/mol. The van der Waals surface area contributed by atoms with Crippen LogP contribution in [0.3, 0.4) is 0 Å². The van der Waals surface area contributed by atoms with Crippen molar-refractivity contribution in [3.63, 3.8) is 0 Å². The van der Waals surface area contributed by atoms with Crippen LogP contribution in [-0.4, -0.2) is 69.9 Å². The molecule has 0 saturated heterocycles. The number of nitrogens with one attached hydrogen (secondary N) is 2. The molecule has 6 nitrogen and oxygen atoms in total. The smallest absolute Gasteiger partial charge is 0.382 e. The van der Waals surface area contributed by atoms with Crippen LogP contribution in [0.5, 0.6) is 0 Å². The van der Waals surface area contributed by atoms with Gasteiger partial charge in [-0.2, -0.15) is 13.2 Å². The first kappa shape index (κ1) is 26.4. The first-order chi connectivity index (χ1) is 11.3. The van der Waals surface area contributed by atoms with Gasteiger partial charge in [0.05, 0.1) is 0 Å². The number of ether oxygens (including phenoxy) is 1. The fraction of sp³-hybridized carbons (Fsp3) is 0.867. The van der Waals surface area contributed by atoms with Gasteiger partial charge in [-0.3, -0.25) is 4.79 Å². The summed E-state index contributed by atoms with van der Waals surface area (Å²) in [6.45, 7) is 4.12. The van der Waals surface area contributed by atoms with Crippen molar-refractivity contribution in [1.82, 2.24) is 15.5 Å². The van der Waals surface area contributed by atoms with E-state index in [2.05, 4.69) is 15.6 Å². The summed E-state index contributed by atoms with van der Waals surface area (Å²) in [5.41, 5.74) is 0. The highest BCUT2D eigenvalue weighted by atomic mass is 127. The van der Waals surface area contributed by atoms with Crippen LogP contribution < -0.4 is 10.6 Å². The first-order valence-electron chi connectivity index (χ1n) is 8.13. The van der Waals surface area contributed by atoms with Gasteiger partial charge in [-0.05, 0) is 26.2 Å². The van der Waals surface area contributed by atoms with Crippen LogP contribution in [0.15, 0.2) is 4.99 Å². The second kappa shape index (κ2) is 15.5. The molecule has 0 fully saturated rings. The van der Waals surface area contributed by atoms with Gasteiger partial charge in [0.25, 0.3) is 0 Å². The van der Waals surface area contributed by atoms with E-state index < -0.39 is 12.6 Å². The number of guanidine groups is 1. The predicted octanol–water partition coefficient (Wildman–Crippen LogP) is 2.39.